The maximum atomic E-state index is 12.7. The van der Waals surface area contributed by atoms with Crippen molar-refractivity contribution in [3.05, 3.63) is 60.8 Å². The summed E-state index contributed by atoms with van der Waals surface area (Å²) in [5.74, 6) is -1.05. The zero-order valence-electron chi connectivity index (χ0n) is 37.0. The Balaban J connectivity index is 4.64. The summed E-state index contributed by atoms with van der Waals surface area (Å²) in [6, 6.07) is 0. The lowest BCUT2D eigenvalue weighted by Crippen LogP contribution is -2.37. The number of rotatable bonds is 39. The number of hydrogen-bond donors (Lipinski definition) is 3. The normalized spacial score (nSPS) is 15.2. The molecule has 3 N–H and O–H groups in total. The molecule has 0 rings (SSSR count). The number of carbonyl (C=O) groups excluding carboxylic acids is 2. The van der Waals surface area contributed by atoms with E-state index in [4.69, 9.17) is 18.5 Å². The molecule has 0 fully saturated rings. The molecule has 12 heteroatoms. The highest BCUT2D eigenvalue weighted by molar-refractivity contribution is 7.47. The number of nitrogens with zero attached hydrogens (tertiary/aromatic N) is 1. The Bertz CT molecular complexity index is 1210. The third-order valence-electron chi connectivity index (χ3n) is 9.21. The predicted molar refractivity (Wildman–Crippen MR) is 236 cm³/mol. The second kappa shape index (κ2) is 37.6. The smallest absolute Gasteiger partial charge is 0.462 e. The number of esters is 2. The number of phosphoric ester groups is 1. The van der Waals surface area contributed by atoms with Crippen LogP contribution in [0.25, 0.3) is 0 Å². The lowest BCUT2D eigenvalue weighted by molar-refractivity contribution is -0.870. The molecule has 1 unspecified atom stereocenters. The average Bonchev–Trinajstić information content (AvgIpc) is 3.16. The summed E-state index contributed by atoms with van der Waals surface area (Å²) >= 11 is 0. The topological polar surface area (TPSA) is 149 Å². The molecule has 336 valence electrons. The Hall–Kier alpha value is -2.37. The van der Waals surface area contributed by atoms with Crippen molar-refractivity contribution >= 4 is 19.8 Å². The Morgan fingerprint density at radius 2 is 1.14 bits per heavy atom. The number of unbranched alkanes of at least 4 members (excludes halogenated alkanes) is 14. The summed E-state index contributed by atoms with van der Waals surface area (Å²) in [5.41, 5.74) is 0. The predicted octanol–water partition coefficient (Wildman–Crippen LogP) is 10.4. The number of ether oxygens (including phenoxy) is 2. The lowest BCUT2D eigenvalue weighted by atomic mass is 10.1. The molecule has 0 heterocycles. The SMILES string of the molecule is CCCCC/C=C\C[C@H](O)/C=C/C=C/C=C\[C@H](O)CCCC(=O)O[C@H](COC(=O)CCCCCCCCC/C=C\CCCCCC)COP(=O)(O)OCC[N+](C)(C)C. The molecule has 0 aliphatic heterocycles. The summed E-state index contributed by atoms with van der Waals surface area (Å²) in [6.07, 6.45) is 37.5. The minimum Gasteiger partial charge on any atom is -0.462 e. The Labute approximate surface area is 352 Å². The first-order valence-electron chi connectivity index (χ1n) is 22.2. The Morgan fingerprint density at radius 3 is 1.76 bits per heavy atom. The van der Waals surface area contributed by atoms with E-state index in [9.17, 15) is 29.3 Å². The molecule has 58 heavy (non-hydrogen) atoms. The maximum Gasteiger partial charge on any atom is 0.472 e. The maximum absolute atomic E-state index is 12.7. The van der Waals surface area contributed by atoms with Gasteiger partial charge in [0.05, 0.1) is 40.0 Å². The second-order valence-corrected chi connectivity index (χ2v) is 17.6. The van der Waals surface area contributed by atoms with Crippen molar-refractivity contribution in [1.29, 1.82) is 0 Å². The van der Waals surface area contributed by atoms with Crippen LogP contribution >= 0.6 is 7.82 Å². The first-order valence-corrected chi connectivity index (χ1v) is 23.7. The number of phosphoric acid groups is 1. The lowest BCUT2D eigenvalue weighted by Gasteiger charge is -2.24. The van der Waals surface area contributed by atoms with E-state index in [0.717, 1.165) is 32.1 Å². The summed E-state index contributed by atoms with van der Waals surface area (Å²) in [6.45, 7) is 4.04. The van der Waals surface area contributed by atoms with E-state index >= 15 is 0 Å². The van der Waals surface area contributed by atoms with E-state index in [-0.39, 0.29) is 26.1 Å². The van der Waals surface area contributed by atoms with E-state index < -0.39 is 44.7 Å². The fraction of sp³-hybridized carbons (Fsp3) is 0.739. The fourth-order valence-corrected chi connectivity index (χ4v) is 6.35. The molecule has 0 saturated carbocycles. The van der Waals surface area contributed by atoms with Crippen LogP contribution in [0, 0.1) is 0 Å². The van der Waals surface area contributed by atoms with Crippen LogP contribution in [0.3, 0.4) is 0 Å². The van der Waals surface area contributed by atoms with Crippen molar-refractivity contribution in [2.45, 2.75) is 173 Å². The van der Waals surface area contributed by atoms with Gasteiger partial charge in [0.15, 0.2) is 6.10 Å². The number of allylic oxidation sites excluding steroid dienone is 7. The van der Waals surface area contributed by atoms with Crippen LogP contribution in [0.4, 0.5) is 0 Å². The van der Waals surface area contributed by atoms with Gasteiger partial charge in [-0.2, -0.15) is 0 Å². The number of carbonyl (C=O) groups is 2. The summed E-state index contributed by atoms with van der Waals surface area (Å²) in [4.78, 5) is 35.4. The van der Waals surface area contributed by atoms with Gasteiger partial charge in [-0.1, -0.05) is 139 Å². The number of hydrogen-bond acceptors (Lipinski definition) is 9. The van der Waals surface area contributed by atoms with Gasteiger partial charge in [0.1, 0.15) is 19.8 Å². The van der Waals surface area contributed by atoms with Crippen molar-refractivity contribution in [1.82, 2.24) is 0 Å². The first-order chi connectivity index (χ1) is 27.8. The number of likely N-dealkylation sites (N-methyl/N-ethyl adjacent to an activating group) is 1. The highest BCUT2D eigenvalue weighted by Gasteiger charge is 2.27. The number of quaternary nitrogens is 1. The van der Waals surface area contributed by atoms with Gasteiger partial charge in [-0.25, -0.2) is 4.57 Å². The van der Waals surface area contributed by atoms with Crippen LogP contribution < -0.4 is 0 Å². The average molecular weight is 841 g/mol. The summed E-state index contributed by atoms with van der Waals surface area (Å²) < 4.78 is 34.1. The van der Waals surface area contributed by atoms with Crippen LogP contribution in [0.15, 0.2) is 60.8 Å². The standard InChI is InChI=1S/C46H82NO10P/c1-6-8-10-12-14-15-16-17-18-19-20-21-22-24-30-36-45(50)54-40-44(41-56-58(52,53)55-39-38-47(3,4)5)57-46(51)37-31-35-43(49)34-29-26-25-28-33-42(48)32-27-23-13-11-9-7-2/h15-16,23,25-29,33-34,42-44,48-49H,6-14,17-22,24,30-32,35-41H2,1-5H3/p+1/b16-15-,26-25+,27-23-,33-28+,34-29-/t42-,43-,44+/m0/s1. The zero-order chi connectivity index (χ0) is 43.2. The summed E-state index contributed by atoms with van der Waals surface area (Å²) in [5, 5.41) is 20.4. The first kappa shape index (κ1) is 55.6. The molecule has 0 bridgehead atoms. The van der Waals surface area contributed by atoms with E-state index in [0.29, 0.717) is 36.7 Å². The molecule has 0 aromatic carbocycles. The molecule has 0 aliphatic carbocycles. The van der Waals surface area contributed by atoms with E-state index in [1.54, 1.807) is 36.5 Å². The van der Waals surface area contributed by atoms with Crippen molar-refractivity contribution in [2.24, 2.45) is 0 Å². The van der Waals surface area contributed by atoms with Gasteiger partial charge < -0.3 is 29.1 Å². The van der Waals surface area contributed by atoms with Crippen molar-refractivity contribution in [2.75, 3.05) is 47.5 Å². The van der Waals surface area contributed by atoms with Gasteiger partial charge in [-0.3, -0.25) is 18.6 Å². The molecule has 0 amide bonds. The Kier molecular flexibility index (Phi) is 36.1. The molecule has 0 aromatic rings. The minimum atomic E-state index is -4.45. The molecular weight excluding hydrogens is 757 g/mol. The summed E-state index contributed by atoms with van der Waals surface area (Å²) in [7, 11) is 1.31. The van der Waals surface area contributed by atoms with Crippen LogP contribution in [0.1, 0.15) is 155 Å². The molecule has 0 saturated heterocycles. The zero-order valence-corrected chi connectivity index (χ0v) is 37.9. The van der Waals surface area contributed by atoms with E-state index in [1.165, 1.54) is 70.6 Å². The van der Waals surface area contributed by atoms with Crippen LogP contribution in [-0.4, -0.2) is 97.3 Å². The number of aliphatic hydroxyl groups excluding tert-OH is 2. The molecular formula is C46H83NO10P+. The van der Waals surface area contributed by atoms with E-state index in [2.05, 4.69) is 32.1 Å². The van der Waals surface area contributed by atoms with Gasteiger partial charge >= 0.3 is 19.8 Å². The van der Waals surface area contributed by atoms with Crippen molar-refractivity contribution in [3.63, 3.8) is 0 Å². The van der Waals surface area contributed by atoms with Crippen LogP contribution in [0.5, 0.6) is 0 Å². The van der Waals surface area contributed by atoms with E-state index in [1.807, 2.05) is 27.2 Å². The second-order valence-electron chi connectivity index (χ2n) is 16.1. The van der Waals surface area contributed by atoms with Gasteiger partial charge in [0.2, 0.25) is 0 Å². The van der Waals surface area contributed by atoms with Gasteiger partial charge in [0.25, 0.3) is 0 Å². The fourth-order valence-electron chi connectivity index (χ4n) is 5.61. The quantitative estimate of drug-likeness (QED) is 0.0136. The Morgan fingerprint density at radius 1 is 0.621 bits per heavy atom. The molecule has 0 spiro atoms. The van der Waals surface area contributed by atoms with Crippen LogP contribution in [0.2, 0.25) is 0 Å². The third kappa shape index (κ3) is 40.4. The minimum absolute atomic E-state index is 0.0170. The largest absolute Gasteiger partial charge is 0.472 e. The van der Waals surface area contributed by atoms with Crippen molar-refractivity contribution in [3.8, 4) is 0 Å². The molecule has 0 aromatic heterocycles. The molecule has 4 atom stereocenters. The highest BCUT2D eigenvalue weighted by Crippen LogP contribution is 2.43. The molecule has 11 nitrogen and oxygen atoms in total. The molecule has 0 aliphatic rings. The van der Waals surface area contributed by atoms with Crippen molar-refractivity contribution < 1.29 is 52.3 Å². The number of aliphatic hydroxyl groups is 2. The van der Waals surface area contributed by atoms with Gasteiger partial charge in [0, 0.05) is 12.8 Å². The molecule has 0 radical (unpaired) electrons. The van der Waals surface area contributed by atoms with Gasteiger partial charge in [-0.05, 0) is 64.2 Å². The van der Waals surface area contributed by atoms with Gasteiger partial charge in [-0.15, -0.1) is 0 Å². The highest BCUT2D eigenvalue weighted by atomic mass is 31.2. The van der Waals surface area contributed by atoms with Crippen LogP contribution in [-0.2, 0) is 32.7 Å². The third-order valence-corrected chi connectivity index (χ3v) is 10.2. The monoisotopic (exact) mass is 841 g/mol.